The van der Waals surface area contributed by atoms with Crippen LogP contribution in [-0.4, -0.2) is 90.0 Å². The van der Waals surface area contributed by atoms with Crippen LogP contribution in [0.2, 0.25) is 0 Å². The van der Waals surface area contributed by atoms with Crippen molar-refractivity contribution in [3.8, 4) is 6.07 Å². The number of nitrogens with zero attached hydrogens (tertiary/aromatic N) is 6. The first-order valence-corrected chi connectivity index (χ1v) is 14.3. The molecule has 3 saturated heterocycles. The third kappa shape index (κ3) is 5.81. The first kappa shape index (κ1) is 26.1. The number of nitrogens with one attached hydrogen (secondary N) is 2. The molecule has 10 nitrogen and oxygen atoms in total. The van der Waals surface area contributed by atoms with Gasteiger partial charge < -0.3 is 20.4 Å². The van der Waals surface area contributed by atoms with Crippen molar-refractivity contribution in [1.29, 1.82) is 5.26 Å². The second-order valence-corrected chi connectivity index (χ2v) is 11.4. The average Bonchev–Trinajstić information content (AvgIpc) is 3.10. The fourth-order valence-electron chi connectivity index (χ4n) is 6.10. The summed E-state index contributed by atoms with van der Waals surface area (Å²) in [6, 6.07) is 2.97. The maximum Gasteiger partial charge on any atom is 0.223 e. The van der Waals surface area contributed by atoms with E-state index < -0.39 is 0 Å². The van der Waals surface area contributed by atoms with Gasteiger partial charge >= 0.3 is 0 Å². The Balaban J connectivity index is 1.18. The third-order valence-corrected chi connectivity index (χ3v) is 9.19. The molecule has 3 atom stereocenters. The summed E-state index contributed by atoms with van der Waals surface area (Å²) in [6.07, 6.45) is 10.5. The van der Waals surface area contributed by atoms with Crippen LogP contribution in [0.25, 0.3) is 0 Å². The lowest BCUT2D eigenvalue weighted by molar-refractivity contribution is -0.129. The number of ether oxygens (including phenoxy) is 1. The van der Waals surface area contributed by atoms with E-state index in [0.717, 1.165) is 82.4 Å². The minimum atomic E-state index is 0.124. The summed E-state index contributed by atoms with van der Waals surface area (Å²) in [5, 5.41) is 22.7. The maximum atomic E-state index is 13.2. The van der Waals surface area contributed by atoms with Crippen molar-refractivity contribution in [1.82, 2.24) is 25.0 Å². The molecule has 5 aliphatic rings. The molecule has 1 saturated carbocycles. The van der Waals surface area contributed by atoms with Gasteiger partial charge in [-0.25, -0.2) is 0 Å². The van der Waals surface area contributed by atoms with E-state index in [2.05, 4.69) is 49.8 Å². The number of rotatable bonds is 6. The van der Waals surface area contributed by atoms with Gasteiger partial charge in [0.05, 0.1) is 48.7 Å². The highest BCUT2D eigenvalue weighted by molar-refractivity contribution is 8.11. The second kappa shape index (κ2) is 11.9. The molecule has 0 spiro atoms. The number of piperidine rings is 2. The molecule has 0 aromatic rings. The predicted molar refractivity (Wildman–Crippen MR) is 145 cm³/mol. The van der Waals surface area contributed by atoms with Gasteiger partial charge in [0.2, 0.25) is 11.1 Å². The molecule has 4 fully saturated rings. The predicted octanol–water partition coefficient (Wildman–Crippen LogP) is 2.11. The third-order valence-electron chi connectivity index (χ3n) is 8.19. The fourth-order valence-corrected chi connectivity index (χ4v) is 6.97. The van der Waals surface area contributed by atoms with Gasteiger partial charge in [-0.3, -0.25) is 9.69 Å². The van der Waals surface area contributed by atoms with Gasteiger partial charge in [0.1, 0.15) is 6.07 Å². The van der Waals surface area contributed by atoms with Crippen LogP contribution in [0.4, 0.5) is 0 Å². The van der Waals surface area contributed by atoms with Gasteiger partial charge in [-0.05, 0) is 63.1 Å². The molecule has 0 aromatic carbocycles. The van der Waals surface area contributed by atoms with Crippen LogP contribution >= 0.6 is 11.9 Å². The Kier molecular flexibility index (Phi) is 8.37. The van der Waals surface area contributed by atoms with Crippen molar-refractivity contribution in [2.75, 3.05) is 46.4 Å². The van der Waals surface area contributed by atoms with Crippen LogP contribution in [0.15, 0.2) is 33.6 Å². The van der Waals surface area contributed by atoms with E-state index in [4.69, 9.17) is 4.74 Å². The summed E-state index contributed by atoms with van der Waals surface area (Å²) < 4.78 is 7.17. The van der Waals surface area contributed by atoms with Gasteiger partial charge in [0.15, 0.2) is 0 Å². The van der Waals surface area contributed by atoms with Crippen LogP contribution in [-0.2, 0) is 9.53 Å². The molecular weight excluding hydrogens is 488 g/mol. The molecule has 2 N–H and O–H groups in total. The fraction of sp³-hybridized carbons (Fsp3) is 0.692. The van der Waals surface area contributed by atoms with Crippen molar-refractivity contribution in [3.63, 3.8) is 0 Å². The molecule has 0 radical (unpaired) electrons. The zero-order chi connectivity index (χ0) is 25.8. The second-order valence-electron chi connectivity index (χ2n) is 10.5. The van der Waals surface area contributed by atoms with Crippen LogP contribution in [0.3, 0.4) is 0 Å². The lowest BCUT2D eigenvalue weighted by atomic mass is 9.90. The number of carbonyl (C=O) groups is 1. The number of amidine groups is 1. The molecule has 0 unspecified atom stereocenters. The highest BCUT2D eigenvalue weighted by atomic mass is 32.2. The Bertz CT molecular complexity index is 995. The number of amides is 1. The van der Waals surface area contributed by atoms with Gasteiger partial charge in [-0.15, -0.1) is 0 Å². The summed E-state index contributed by atoms with van der Waals surface area (Å²) in [5.74, 6) is 1.20. The molecular formula is C26H38N8O2S. The van der Waals surface area contributed by atoms with Crippen LogP contribution in [0.5, 0.6) is 0 Å². The number of nitriles is 1. The van der Waals surface area contributed by atoms with E-state index in [0.29, 0.717) is 23.5 Å². The molecule has 1 aliphatic carbocycles. The van der Waals surface area contributed by atoms with Crippen molar-refractivity contribution in [2.45, 2.75) is 51.1 Å². The Morgan fingerprint density at radius 2 is 2.00 bits per heavy atom. The minimum Gasteiger partial charge on any atom is -0.378 e. The SMILES string of the molecule is CC/C=C1/C=C(C#N)C=NN1S/C(=N\NC)N1C[C@H]2CC[C@@H](C1)[C@@H]2NC(=O)C1CCN(C2COC2)CC1. The number of carbonyl (C=O) groups excluding carboxylic acids is 1. The first-order valence-electron chi connectivity index (χ1n) is 13.5. The Morgan fingerprint density at radius 1 is 1.27 bits per heavy atom. The lowest BCUT2D eigenvalue weighted by Crippen LogP contribution is -2.56. The Labute approximate surface area is 223 Å². The summed E-state index contributed by atoms with van der Waals surface area (Å²) in [5.41, 5.74) is 4.38. The van der Waals surface area contributed by atoms with Crippen LogP contribution in [0.1, 0.15) is 39.0 Å². The Morgan fingerprint density at radius 3 is 2.59 bits per heavy atom. The van der Waals surface area contributed by atoms with Crippen LogP contribution in [0, 0.1) is 29.1 Å². The van der Waals surface area contributed by atoms with Crippen LogP contribution < -0.4 is 10.7 Å². The van der Waals surface area contributed by atoms with E-state index >= 15 is 0 Å². The maximum absolute atomic E-state index is 13.2. The van der Waals surface area contributed by atoms with Crippen molar-refractivity contribution in [3.05, 3.63) is 23.4 Å². The van der Waals surface area contributed by atoms with Gasteiger partial charge in [0, 0.05) is 32.1 Å². The molecule has 200 valence electrons. The molecule has 1 amide bonds. The smallest absolute Gasteiger partial charge is 0.223 e. The number of likely N-dealkylation sites (tertiary alicyclic amines) is 2. The number of hydrogen-bond donors (Lipinski definition) is 2. The van der Waals surface area contributed by atoms with E-state index in [1.165, 1.54) is 11.9 Å². The zero-order valence-electron chi connectivity index (χ0n) is 21.8. The summed E-state index contributed by atoms with van der Waals surface area (Å²) in [4.78, 5) is 18.0. The summed E-state index contributed by atoms with van der Waals surface area (Å²) in [7, 11) is 1.81. The van der Waals surface area contributed by atoms with E-state index in [1.807, 2.05) is 10.5 Å². The van der Waals surface area contributed by atoms with Gasteiger partial charge in [-0.2, -0.15) is 19.9 Å². The van der Waals surface area contributed by atoms with E-state index in [-0.39, 0.29) is 17.9 Å². The number of hydrogen-bond acceptors (Lipinski definition) is 9. The summed E-state index contributed by atoms with van der Waals surface area (Å²) >= 11 is 1.46. The van der Waals surface area contributed by atoms with E-state index in [9.17, 15) is 10.1 Å². The van der Waals surface area contributed by atoms with Gasteiger partial charge in [-0.1, -0.05) is 13.0 Å². The monoisotopic (exact) mass is 526 g/mol. The van der Waals surface area contributed by atoms with Crippen molar-refractivity contribution in [2.24, 2.45) is 28.0 Å². The summed E-state index contributed by atoms with van der Waals surface area (Å²) in [6.45, 7) is 7.47. The quantitative estimate of drug-likeness (QED) is 0.235. The lowest BCUT2D eigenvalue weighted by Gasteiger charge is -2.42. The van der Waals surface area contributed by atoms with E-state index in [1.54, 1.807) is 13.3 Å². The molecule has 0 aromatic heterocycles. The minimum absolute atomic E-state index is 0.124. The molecule has 4 aliphatic heterocycles. The zero-order valence-corrected chi connectivity index (χ0v) is 22.6. The first-order chi connectivity index (χ1) is 18.1. The van der Waals surface area contributed by atoms with Crippen molar-refractivity contribution < 1.29 is 9.53 Å². The largest absolute Gasteiger partial charge is 0.378 e. The highest BCUT2D eigenvalue weighted by Crippen LogP contribution is 2.39. The van der Waals surface area contributed by atoms with Crippen molar-refractivity contribution >= 4 is 29.2 Å². The number of fused-ring (bicyclic) bond motifs is 2. The number of hydrazone groups is 2. The number of allylic oxidation sites excluding steroid dienone is 3. The standard InChI is InChI=1S/C26H38N8O2S/c1-3-4-22-11-18(12-27)13-29-34(22)37-26(31-28-2)33-14-20-5-6-21(15-33)24(20)30-25(35)19-7-9-32(10-8-19)23-16-36-17-23/h4,11,13,19-21,23-24,28H,3,5-10,14-17H2,1-2H3,(H,30,35)/b22-4-,31-26-/t20-,21+,24-. The molecule has 11 heteroatoms. The molecule has 37 heavy (non-hydrogen) atoms. The molecule has 4 heterocycles. The Hall–Kier alpha value is -2.55. The van der Waals surface area contributed by atoms with Gasteiger partial charge in [0.25, 0.3) is 0 Å². The average molecular weight is 527 g/mol. The molecule has 5 rings (SSSR count). The molecule has 2 bridgehead atoms. The normalized spacial score (nSPS) is 30.2. The topological polar surface area (TPSA) is 109 Å². The highest BCUT2D eigenvalue weighted by Gasteiger charge is 2.45.